The van der Waals surface area contributed by atoms with Crippen LogP contribution >= 0.6 is 11.3 Å². The van der Waals surface area contributed by atoms with Crippen molar-refractivity contribution in [3.8, 4) is 0 Å². The summed E-state index contributed by atoms with van der Waals surface area (Å²) in [4.78, 5) is 22.9. The normalized spacial score (nSPS) is 10.5. The third kappa shape index (κ3) is 4.55. The molecule has 0 aliphatic rings. The minimum absolute atomic E-state index is 0.214. The van der Waals surface area contributed by atoms with Gasteiger partial charge in [-0.3, -0.25) is 5.32 Å². The maximum atomic E-state index is 11.7. The van der Waals surface area contributed by atoms with E-state index in [1.807, 2.05) is 20.8 Å². The van der Waals surface area contributed by atoms with Crippen LogP contribution in [0, 0.1) is 5.92 Å². The van der Waals surface area contributed by atoms with Gasteiger partial charge in [0.2, 0.25) is 0 Å². The van der Waals surface area contributed by atoms with Crippen molar-refractivity contribution in [2.75, 3.05) is 11.9 Å². The van der Waals surface area contributed by atoms with E-state index in [0.29, 0.717) is 23.9 Å². The van der Waals surface area contributed by atoms with E-state index >= 15 is 0 Å². The number of hydrogen-bond acceptors (Lipinski definition) is 3. The summed E-state index contributed by atoms with van der Waals surface area (Å²) in [5, 5.41) is 16.7. The Morgan fingerprint density at radius 2 is 2.11 bits per heavy atom. The van der Waals surface area contributed by atoms with Gasteiger partial charge in [0.1, 0.15) is 5.00 Å². The predicted molar refractivity (Wildman–Crippen MR) is 77.1 cm³/mol. The van der Waals surface area contributed by atoms with Gasteiger partial charge in [0.25, 0.3) is 0 Å². The zero-order chi connectivity index (χ0) is 14.4. The molecule has 19 heavy (non-hydrogen) atoms. The van der Waals surface area contributed by atoms with Gasteiger partial charge >= 0.3 is 12.0 Å². The average molecular weight is 284 g/mol. The van der Waals surface area contributed by atoms with E-state index in [9.17, 15) is 14.7 Å². The van der Waals surface area contributed by atoms with Crippen molar-refractivity contribution >= 4 is 28.3 Å². The Hall–Kier alpha value is -1.56. The van der Waals surface area contributed by atoms with Gasteiger partial charge in [-0.15, -0.1) is 11.3 Å². The molecule has 0 bridgehead atoms. The molecule has 0 spiro atoms. The van der Waals surface area contributed by atoms with E-state index in [4.69, 9.17) is 0 Å². The zero-order valence-corrected chi connectivity index (χ0v) is 12.3. The van der Waals surface area contributed by atoms with Gasteiger partial charge in [-0.25, -0.2) is 9.59 Å². The van der Waals surface area contributed by atoms with Gasteiger partial charge in [0, 0.05) is 6.54 Å². The second-order valence-electron chi connectivity index (χ2n) is 4.75. The fourth-order valence-electron chi connectivity index (χ4n) is 1.62. The number of aromatic carboxylic acids is 1. The summed E-state index contributed by atoms with van der Waals surface area (Å²) in [6, 6.07) is -0.360. The molecule has 0 unspecified atom stereocenters. The monoisotopic (exact) mass is 284 g/mol. The van der Waals surface area contributed by atoms with Crippen LogP contribution in [0.25, 0.3) is 0 Å². The number of carboxylic acids is 1. The van der Waals surface area contributed by atoms with Crippen LogP contribution in [0.15, 0.2) is 5.38 Å². The number of hydrogen-bond donors (Lipinski definition) is 3. The number of nitrogens with one attached hydrogen (secondary N) is 2. The van der Waals surface area contributed by atoms with Crippen molar-refractivity contribution in [1.82, 2.24) is 5.32 Å². The standard InChI is InChI=1S/C13H20N2O3S/c1-4-5-9-7-19-11(10(9)12(16)17)15-13(18)14-6-8(2)3/h7-8H,4-6H2,1-3H3,(H,16,17)(H2,14,15,18). The highest BCUT2D eigenvalue weighted by atomic mass is 32.1. The second kappa shape index (κ2) is 7.13. The Morgan fingerprint density at radius 1 is 1.42 bits per heavy atom. The highest BCUT2D eigenvalue weighted by molar-refractivity contribution is 7.15. The third-order valence-corrected chi connectivity index (χ3v) is 3.44. The fraction of sp³-hybridized carbons (Fsp3) is 0.538. The van der Waals surface area contributed by atoms with Crippen molar-refractivity contribution in [1.29, 1.82) is 0 Å². The van der Waals surface area contributed by atoms with Gasteiger partial charge in [-0.1, -0.05) is 27.2 Å². The molecule has 106 valence electrons. The van der Waals surface area contributed by atoms with Crippen LogP contribution in [0.4, 0.5) is 9.80 Å². The summed E-state index contributed by atoms with van der Waals surface area (Å²) >= 11 is 1.25. The van der Waals surface area contributed by atoms with Gasteiger partial charge in [-0.2, -0.15) is 0 Å². The van der Waals surface area contributed by atoms with Crippen LogP contribution in [0.3, 0.4) is 0 Å². The van der Waals surface area contributed by atoms with Crippen LogP contribution in [-0.2, 0) is 6.42 Å². The van der Waals surface area contributed by atoms with Crippen molar-refractivity contribution in [2.45, 2.75) is 33.6 Å². The van der Waals surface area contributed by atoms with Crippen LogP contribution < -0.4 is 10.6 Å². The minimum atomic E-state index is -0.996. The highest BCUT2D eigenvalue weighted by Crippen LogP contribution is 2.29. The molecule has 6 heteroatoms. The van der Waals surface area contributed by atoms with Gasteiger partial charge in [-0.05, 0) is 23.3 Å². The van der Waals surface area contributed by atoms with E-state index in [1.165, 1.54) is 11.3 Å². The summed E-state index contributed by atoms with van der Waals surface area (Å²) < 4.78 is 0. The van der Waals surface area contributed by atoms with Crippen molar-refractivity contribution in [2.24, 2.45) is 5.92 Å². The Balaban J connectivity index is 2.77. The van der Waals surface area contributed by atoms with E-state index < -0.39 is 5.97 Å². The molecule has 0 radical (unpaired) electrons. The molecule has 2 amide bonds. The molecular formula is C13H20N2O3S. The number of anilines is 1. The molecule has 0 aliphatic carbocycles. The lowest BCUT2D eigenvalue weighted by molar-refractivity contribution is 0.0697. The Labute approximate surface area is 117 Å². The lowest BCUT2D eigenvalue weighted by Crippen LogP contribution is -2.31. The summed E-state index contributed by atoms with van der Waals surface area (Å²) in [6.45, 7) is 6.54. The first-order valence-electron chi connectivity index (χ1n) is 6.34. The summed E-state index contributed by atoms with van der Waals surface area (Å²) in [5.74, 6) is -0.646. The molecule has 5 nitrogen and oxygen atoms in total. The number of carbonyl (C=O) groups is 2. The zero-order valence-electron chi connectivity index (χ0n) is 11.4. The number of thiophene rings is 1. The number of urea groups is 1. The molecule has 1 heterocycles. The Morgan fingerprint density at radius 3 is 2.63 bits per heavy atom. The topological polar surface area (TPSA) is 78.4 Å². The average Bonchev–Trinajstić information content (AvgIpc) is 2.70. The summed E-state index contributed by atoms with van der Waals surface area (Å²) in [6.07, 6.45) is 1.57. The van der Waals surface area contributed by atoms with Crippen LogP contribution in [0.1, 0.15) is 43.1 Å². The second-order valence-corrected chi connectivity index (χ2v) is 5.63. The van der Waals surface area contributed by atoms with E-state index in [-0.39, 0.29) is 11.6 Å². The molecule has 0 fully saturated rings. The number of aryl methyl sites for hydroxylation is 1. The first-order chi connectivity index (χ1) is 8.95. The molecule has 0 aliphatic heterocycles. The van der Waals surface area contributed by atoms with Gasteiger partial charge < -0.3 is 10.4 Å². The van der Waals surface area contributed by atoms with Crippen molar-refractivity contribution in [3.63, 3.8) is 0 Å². The maximum absolute atomic E-state index is 11.7. The van der Waals surface area contributed by atoms with Crippen molar-refractivity contribution in [3.05, 3.63) is 16.5 Å². The fourth-order valence-corrected chi connectivity index (χ4v) is 2.60. The smallest absolute Gasteiger partial charge is 0.338 e. The molecule has 0 atom stereocenters. The highest BCUT2D eigenvalue weighted by Gasteiger charge is 2.19. The van der Waals surface area contributed by atoms with Gasteiger partial charge in [0.05, 0.1) is 5.56 Å². The van der Waals surface area contributed by atoms with Crippen LogP contribution in [0.2, 0.25) is 0 Å². The molecular weight excluding hydrogens is 264 g/mol. The minimum Gasteiger partial charge on any atom is -0.478 e. The largest absolute Gasteiger partial charge is 0.478 e. The van der Waals surface area contributed by atoms with Crippen molar-refractivity contribution < 1.29 is 14.7 Å². The molecule has 3 N–H and O–H groups in total. The molecule has 0 saturated carbocycles. The molecule has 0 aromatic carbocycles. The quantitative estimate of drug-likeness (QED) is 0.750. The van der Waals surface area contributed by atoms with E-state index in [2.05, 4.69) is 10.6 Å². The number of carboxylic acid groups (broad SMARTS) is 1. The molecule has 1 aromatic heterocycles. The number of amides is 2. The maximum Gasteiger partial charge on any atom is 0.338 e. The van der Waals surface area contributed by atoms with Crippen LogP contribution in [-0.4, -0.2) is 23.7 Å². The number of rotatable bonds is 6. The SMILES string of the molecule is CCCc1csc(NC(=O)NCC(C)C)c1C(=O)O. The lowest BCUT2D eigenvalue weighted by Gasteiger charge is -2.09. The first-order valence-corrected chi connectivity index (χ1v) is 7.22. The lowest BCUT2D eigenvalue weighted by atomic mass is 10.1. The van der Waals surface area contributed by atoms with E-state index in [1.54, 1.807) is 5.38 Å². The molecule has 0 saturated heterocycles. The summed E-state index contributed by atoms with van der Waals surface area (Å²) in [7, 11) is 0. The Kier molecular flexibility index (Phi) is 5.82. The Bertz CT molecular complexity index is 455. The molecule has 1 rings (SSSR count). The number of carbonyl (C=O) groups excluding carboxylic acids is 1. The van der Waals surface area contributed by atoms with E-state index in [0.717, 1.165) is 12.0 Å². The van der Waals surface area contributed by atoms with Gasteiger partial charge in [0.15, 0.2) is 0 Å². The third-order valence-electron chi connectivity index (χ3n) is 2.50. The summed E-state index contributed by atoms with van der Waals surface area (Å²) in [5.41, 5.74) is 0.991. The first kappa shape index (κ1) is 15.5. The predicted octanol–water partition coefficient (Wildman–Crippen LogP) is 3.18. The molecule has 1 aromatic rings. The van der Waals surface area contributed by atoms with Crippen LogP contribution in [0.5, 0.6) is 0 Å².